The highest BCUT2D eigenvalue weighted by Gasteiger charge is 2.50. The summed E-state index contributed by atoms with van der Waals surface area (Å²) in [7, 11) is -8.51. The minimum absolute atomic E-state index is 0.385. The van der Waals surface area contributed by atoms with E-state index >= 15 is 0 Å². The molecule has 0 aromatic carbocycles. The lowest BCUT2D eigenvalue weighted by Gasteiger charge is -2.44. The second-order valence-corrected chi connectivity index (χ2v) is 31.8. The normalized spacial score (nSPS) is 20.4. The zero-order valence-corrected chi connectivity index (χ0v) is 31.0. The van der Waals surface area contributed by atoms with E-state index in [0.29, 0.717) is 18.0 Å². The lowest BCUT2D eigenvalue weighted by atomic mass is 9.95. The summed E-state index contributed by atoms with van der Waals surface area (Å²) in [6, 6.07) is 1.90. The van der Waals surface area contributed by atoms with Crippen LogP contribution in [0.5, 0.6) is 0 Å². The van der Waals surface area contributed by atoms with Crippen molar-refractivity contribution in [3.63, 3.8) is 0 Å². The highest BCUT2D eigenvalue weighted by atomic mass is 28.5. The number of hydrogen-bond acceptors (Lipinski definition) is 4. The van der Waals surface area contributed by atoms with Gasteiger partial charge in [0.05, 0.1) is 6.04 Å². The van der Waals surface area contributed by atoms with Crippen LogP contribution in [0.25, 0.3) is 0 Å². The van der Waals surface area contributed by atoms with Gasteiger partial charge in [-0.3, -0.25) is 0 Å². The average Bonchev–Trinajstić information content (AvgIpc) is 2.74. The van der Waals surface area contributed by atoms with Crippen molar-refractivity contribution < 1.29 is 12.3 Å². The minimum atomic E-state index is -2.87. The molecule has 0 aromatic rings. The molecule has 0 radical (unpaired) electrons. The first-order valence-electron chi connectivity index (χ1n) is 15.7. The van der Waals surface area contributed by atoms with Gasteiger partial charge in [0.1, 0.15) is 0 Å². The van der Waals surface area contributed by atoms with E-state index in [-0.39, 0.29) is 0 Å². The van der Waals surface area contributed by atoms with E-state index in [1.54, 1.807) is 0 Å². The molecule has 0 spiro atoms. The van der Waals surface area contributed by atoms with Crippen molar-refractivity contribution in [2.45, 2.75) is 155 Å². The Morgan fingerprint density at radius 3 is 1.63 bits per heavy atom. The maximum Gasteiger partial charge on any atom is 0.469 e. The smallest absolute Gasteiger partial charge is 0.417 e. The molecule has 0 heterocycles. The van der Waals surface area contributed by atoms with Crippen LogP contribution < -0.4 is 5.32 Å². The molecule has 0 amide bonds. The number of guanidine groups is 1. The first-order valence-corrected chi connectivity index (χ1v) is 27.8. The maximum absolute atomic E-state index is 7.01. The molecule has 2 aliphatic carbocycles. The van der Waals surface area contributed by atoms with Gasteiger partial charge in [-0.25, -0.2) is 4.99 Å². The van der Waals surface area contributed by atoms with Crippen molar-refractivity contribution in [3.05, 3.63) is 0 Å². The number of aliphatic imine (C=N–C) groups is 1. The van der Waals surface area contributed by atoms with Crippen LogP contribution >= 0.6 is 0 Å². The van der Waals surface area contributed by atoms with Crippen LogP contribution in [0.3, 0.4) is 0 Å². The molecule has 2 rings (SSSR count). The summed E-state index contributed by atoms with van der Waals surface area (Å²) in [6.07, 6.45) is 13.0. The summed E-state index contributed by atoms with van der Waals surface area (Å²) in [6.45, 7) is 27.1. The molecule has 10 heteroatoms. The van der Waals surface area contributed by atoms with Crippen LogP contribution in [0.1, 0.15) is 78.1 Å². The predicted molar refractivity (Wildman–Crippen MR) is 175 cm³/mol. The average molecular weight is 602 g/mol. The van der Waals surface area contributed by atoms with Gasteiger partial charge < -0.3 is 22.6 Å². The molecule has 0 bridgehead atoms. The van der Waals surface area contributed by atoms with Gasteiger partial charge >= 0.3 is 8.80 Å². The molecule has 1 N–H and O–H groups in total. The van der Waals surface area contributed by atoms with Crippen LogP contribution in [0.2, 0.25) is 65.0 Å². The predicted octanol–water partition coefficient (Wildman–Crippen LogP) is 8.05. The van der Waals surface area contributed by atoms with Crippen LogP contribution in [0, 0.1) is 5.92 Å². The molecular weight excluding hydrogens is 539 g/mol. The standard InChI is InChI=1S/C28H63N3O3Si4/c1-12-31(28(29-26-19-15-13-16-20-26)30-27-21-17-14-18-22-27)23-25(2)24-38(32-35(3,4)5,33-36(6,7)8)34-37(9,10)11/h25-27H,12-24H2,1-11H3,(H,29,30). The fraction of sp³-hybridized carbons (Fsp3) is 0.964. The number of hydrogen-bond donors (Lipinski definition) is 1. The van der Waals surface area contributed by atoms with E-state index in [2.05, 4.69) is 83.0 Å². The van der Waals surface area contributed by atoms with E-state index in [1.165, 1.54) is 64.2 Å². The van der Waals surface area contributed by atoms with E-state index in [0.717, 1.165) is 25.1 Å². The lowest BCUT2D eigenvalue weighted by molar-refractivity contribution is 0.235. The van der Waals surface area contributed by atoms with Gasteiger partial charge in [-0.2, -0.15) is 0 Å². The van der Waals surface area contributed by atoms with Gasteiger partial charge in [0, 0.05) is 25.2 Å². The lowest BCUT2D eigenvalue weighted by Crippen LogP contribution is -2.61. The Labute approximate surface area is 240 Å². The molecule has 2 aliphatic rings. The van der Waals surface area contributed by atoms with Crippen LogP contribution in [-0.4, -0.2) is 69.8 Å². The largest absolute Gasteiger partial charge is 0.469 e. The van der Waals surface area contributed by atoms with Gasteiger partial charge in [0.15, 0.2) is 30.9 Å². The molecule has 1 atom stereocenters. The highest BCUT2D eigenvalue weighted by Crippen LogP contribution is 2.32. The van der Waals surface area contributed by atoms with Crippen molar-refractivity contribution in [1.29, 1.82) is 0 Å². The van der Waals surface area contributed by atoms with Crippen molar-refractivity contribution in [2.24, 2.45) is 10.9 Å². The molecule has 0 saturated heterocycles. The van der Waals surface area contributed by atoms with Gasteiger partial charge in [0.25, 0.3) is 0 Å². The Bertz CT molecular complexity index is 682. The molecule has 6 nitrogen and oxygen atoms in total. The zero-order chi connectivity index (χ0) is 28.6. The third kappa shape index (κ3) is 13.6. The van der Waals surface area contributed by atoms with Crippen molar-refractivity contribution >= 4 is 39.7 Å². The summed E-state index contributed by atoms with van der Waals surface area (Å²) in [5.74, 6) is 1.53. The first-order chi connectivity index (χ1) is 17.5. The zero-order valence-electron chi connectivity index (χ0n) is 27.0. The fourth-order valence-corrected chi connectivity index (χ4v) is 20.6. The second kappa shape index (κ2) is 14.8. The molecule has 1 unspecified atom stereocenters. The van der Waals surface area contributed by atoms with E-state index < -0.39 is 33.8 Å². The molecular formula is C28H63N3O3Si4. The molecule has 2 fully saturated rings. The summed E-state index contributed by atoms with van der Waals surface area (Å²) < 4.78 is 21.0. The van der Waals surface area contributed by atoms with Crippen molar-refractivity contribution in [1.82, 2.24) is 10.2 Å². The maximum atomic E-state index is 7.01. The summed E-state index contributed by atoms with van der Waals surface area (Å²) >= 11 is 0. The molecule has 0 aliphatic heterocycles. The van der Waals surface area contributed by atoms with Crippen LogP contribution in [-0.2, 0) is 12.3 Å². The van der Waals surface area contributed by atoms with Crippen LogP contribution in [0.4, 0.5) is 0 Å². The Hall–Kier alpha value is 0.0175. The van der Waals surface area contributed by atoms with Crippen molar-refractivity contribution in [3.8, 4) is 0 Å². The third-order valence-corrected chi connectivity index (χ3v) is 19.3. The van der Waals surface area contributed by atoms with Crippen molar-refractivity contribution in [2.75, 3.05) is 13.1 Å². The second-order valence-electron chi connectivity index (χ2n) is 14.9. The Morgan fingerprint density at radius 2 is 1.21 bits per heavy atom. The van der Waals surface area contributed by atoms with Gasteiger partial charge in [-0.15, -0.1) is 0 Å². The van der Waals surface area contributed by atoms with E-state index in [1.807, 2.05) is 0 Å². The third-order valence-electron chi connectivity index (χ3n) is 7.01. The van der Waals surface area contributed by atoms with Gasteiger partial charge in [-0.1, -0.05) is 45.4 Å². The monoisotopic (exact) mass is 601 g/mol. The highest BCUT2D eigenvalue weighted by molar-refractivity contribution is 6.90. The van der Waals surface area contributed by atoms with E-state index in [4.69, 9.17) is 17.3 Å². The quantitative estimate of drug-likeness (QED) is 0.131. The molecule has 224 valence electrons. The number of nitrogens with one attached hydrogen (secondary N) is 1. The Balaban J connectivity index is 2.30. The Morgan fingerprint density at radius 1 is 0.763 bits per heavy atom. The molecule has 2 saturated carbocycles. The van der Waals surface area contributed by atoms with Gasteiger partial charge in [0.2, 0.25) is 0 Å². The Kier molecular flexibility index (Phi) is 13.3. The van der Waals surface area contributed by atoms with Crippen LogP contribution in [0.15, 0.2) is 4.99 Å². The fourth-order valence-electron chi connectivity index (χ4n) is 5.84. The van der Waals surface area contributed by atoms with Gasteiger partial charge in [-0.05, 0) is 97.4 Å². The summed E-state index contributed by atoms with van der Waals surface area (Å²) in [4.78, 5) is 7.92. The SMILES string of the molecule is CCN(CC(C)C[Si](O[Si](C)(C)C)(O[Si](C)(C)C)O[Si](C)(C)C)/C(=N\C1CCCCC1)NC1CCCCC1. The molecule has 0 aromatic heterocycles. The summed E-state index contributed by atoms with van der Waals surface area (Å²) in [5, 5.41) is 3.95. The number of nitrogens with zero attached hydrogens (tertiary/aromatic N) is 2. The molecule has 38 heavy (non-hydrogen) atoms. The minimum Gasteiger partial charge on any atom is -0.417 e. The first kappa shape index (κ1) is 34.2. The topological polar surface area (TPSA) is 55.3 Å². The van der Waals surface area contributed by atoms with E-state index in [9.17, 15) is 0 Å². The number of rotatable bonds is 13. The summed E-state index contributed by atoms with van der Waals surface area (Å²) in [5.41, 5.74) is 0.